The van der Waals surface area contributed by atoms with Gasteiger partial charge in [0.15, 0.2) is 0 Å². The second-order valence-corrected chi connectivity index (χ2v) is 5.58. The van der Waals surface area contributed by atoms with Gasteiger partial charge in [0, 0.05) is 11.7 Å². The van der Waals surface area contributed by atoms with E-state index < -0.39 is 0 Å². The lowest BCUT2D eigenvalue weighted by molar-refractivity contribution is -0.121. The first-order valence-corrected chi connectivity index (χ1v) is 6.79. The first-order valence-electron chi connectivity index (χ1n) is 6.00. The van der Waals surface area contributed by atoms with E-state index in [2.05, 4.69) is 26.6 Å². The number of amides is 1. The number of aryl methyl sites for hydroxylation is 1. The molecule has 1 aromatic rings. The van der Waals surface area contributed by atoms with Gasteiger partial charge in [-0.3, -0.25) is 4.79 Å². The second kappa shape index (κ2) is 5.26. The Morgan fingerprint density at radius 2 is 2.17 bits per heavy atom. The van der Waals surface area contributed by atoms with Gasteiger partial charge in [0.2, 0.25) is 5.91 Å². The van der Waals surface area contributed by atoms with Crippen LogP contribution in [-0.4, -0.2) is 18.0 Å². The molecule has 1 fully saturated rings. The third kappa shape index (κ3) is 3.22. The predicted octanol–water partition coefficient (Wildman–Crippen LogP) is 2.98. The van der Waals surface area contributed by atoms with Gasteiger partial charge >= 0.3 is 0 Å². The van der Waals surface area contributed by atoms with Gasteiger partial charge < -0.3 is 10.6 Å². The van der Waals surface area contributed by atoms with E-state index in [1.807, 2.05) is 6.92 Å². The van der Waals surface area contributed by atoms with Gasteiger partial charge in [-0.05, 0) is 60.3 Å². The van der Waals surface area contributed by atoms with Gasteiger partial charge in [0.1, 0.15) is 11.9 Å². The zero-order valence-corrected chi connectivity index (χ0v) is 12.0. The number of benzene rings is 1. The fraction of sp³-hybridized carbons (Fsp3) is 0.462. The van der Waals surface area contributed by atoms with Crippen molar-refractivity contribution in [2.24, 2.45) is 0 Å². The largest absolute Gasteiger partial charge is 0.374 e. The smallest absolute Gasteiger partial charge is 0.242 e. The zero-order valence-electron chi connectivity index (χ0n) is 10.4. The van der Waals surface area contributed by atoms with Crippen LogP contribution >= 0.6 is 15.9 Å². The molecule has 1 amide bonds. The highest BCUT2D eigenvalue weighted by atomic mass is 79.9. The van der Waals surface area contributed by atoms with Crippen molar-refractivity contribution in [3.05, 3.63) is 28.0 Å². The maximum Gasteiger partial charge on any atom is 0.242 e. The quantitative estimate of drug-likeness (QED) is 0.897. The summed E-state index contributed by atoms with van der Waals surface area (Å²) in [5, 5.41) is 6.03. The summed E-state index contributed by atoms with van der Waals surface area (Å²) in [6.07, 6.45) is 2.14. The molecule has 0 aromatic heterocycles. The molecule has 0 bridgehead atoms. The van der Waals surface area contributed by atoms with Crippen LogP contribution in [0, 0.1) is 12.7 Å². The van der Waals surface area contributed by atoms with Crippen LogP contribution in [0.4, 0.5) is 10.1 Å². The van der Waals surface area contributed by atoms with E-state index in [1.54, 1.807) is 13.0 Å². The third-order valence-electron chi connectivity index (χ3n) is 2.96. The molecule has 1 aliphatic carbocycles. The number of anilines is 1. The van der Waals surface area contributed by atoms with Gasteiger partial charge in [-0.25, -0.2) is 4.39 Å². The average molecular weight is 315 g/mol. The van der Waals surface area contributed by atoms with Crippen LogP contribution in [-0.2, 0) is 4.79 Å². The lowest BCUT2D eigenvalue weighted by atomic mass is 10.1. The molecule has 1 aromatic carbocycles. The van der Waals surface area contributed by atoms with Crippen LogP contribution in [0.2, 0.25) is 0 Å². The monoisotopic (exact) mass is 314 g/mol. The van der Waals surface area contributed by atoms with Crippen molar-refractivity contribution in [2.75, 3.05) is 5.32 Å². The fourth-order valence-corrected chi connectivity index (χ4v) is 2.00. The number of hydrogen-bond acceptors (Lipinski definition) is 2. The van der Waals surface area contributed by atoms with Crippen LogP contribution in [0.25, 0.3) is 0 Å². The summed E-state index contributed by atoms with van der Waals surface area (Å²) in [4.78, 5) is 11.8. The summed E-state index contributed by atoms with van der Waals surface area (Å²) in [5.74, 6) is -0.314. The molecule has 5 heteroatoms. The van der Waals surface area contributed by atoms with Gasteiger partial charge in [-0.1, -0.05) is 0 Å². The fourth-order valence-electron chi connectivity index (χ4n) is 1.65. The van der Waals surface area contributed by atoms with E-state index in [0.29, 0.717) is 10.5 Å². The molecule has 1 saturated carbocycles. The standard InChI is InChI=1S/C13H16BrFN2O/c1-7-5-11(15)10(14)6-12(7)16-8(2)13(18)17-9-3-4-9/h5-6,8-9,16H,3-4H2,1-2H3,(H,17,18). The Kier molecular flexibility index (Phi) is 3.90. The lowest BCUT2D eigenvalue weighted by Gasteiger charge is -2.17. The highest BCUT2D eigenvalue weighted by molar-refractivity contribution is 9.10. The van der Waals surface area contributed by atoms with Crippen molar-refractivity contribution in [1.82, 2.24) is 5.32 Å². The number of carbonyl (C=O) groups is 1. The Morgan fingerprint density at radius 3 is 2.78 bits per heavy atom. The molecule has 98 valence electrons. The van der Waals surface area contributed by atoms with Gasteiger partial charge in [0.05, 0.1) is 4.47 Å². The van der Waals surface area contributed by atoms with Crippen molar-refractivity contribution >= 4 is 27.5 Å². The van der Waals surface area contributed by atoms with E-state index >= 15 is 0 Å². The molecule has 0 spiro atoms. The summed E-state index contributed by atoms with van der Waals surface area (Å²) in [5.41, 5.74) is 1.54. The Labute approximate surface area is 114 Å². The molecule has 2 rings (SSSR count). The SMILES string of the molecule is Cc1cc(F)c(Br)cc1NC(C)C(=O)NC1CC1. The second-order valence-electron chi connectivity index (χ2n) is 4.73. The number of hydrogen-bond donors (Lipinski definition) is 2. The average Bonchev–Trinajstić information content (AvgIpc) is 3.09. The molecule has 0 heterocycles. The summed E-state index contributed by atoms with van der Waals surface area (Å²) in [6.45, 7) is 3.61. The minimum Gasteiger partial charge on any atom is -0.374 e. The van der Waals surface area contributed by atoms with E-state index in [4.69, 9.17) is 0 Å². The molecule has 3 nitrogen and oxygen atoms in total. The van der Waals surface area contributed by atoms with Gasteiger partial charge in [-0.2, -0.15) is 0 Å². The molecular weight excluding hydrogens is 299 g/mol. The van der Waals surface area contributed by atoms with Crippen molar-refractivity contribution in [2.45, 2.75) is 38.8 Å². The summed E-state index contributed by atoms with van der Waals surface area (Å²) >= 11 is 3.14. The van der Waals surface area contributed by atoms with Crippen molar-refractivity contribution in [3.63, 3.8) is 0 Å². The van der Waals surface area contributed by atoms with E-state index in [1.165, 1.54) is 6.07 Å². The topological polar surface area (TPSA) is 41.1 Å². The maximum atomic E-state index is 13.3. The number of halogens is 2. The molecule has 0 saturated heterocycles. The number of carbonyl (C=O) groups excluding carboxylic acids is 1. The highest BCUT2D eigenvalue weighted by Gasteiger charge is 2.25. The number of rotatable bonds is 4. The van der Waals surface area contributed by atoms with Gasteiger partial charge in [0.25, 0.3) is 0 Å². The molecule has 18 heavy (non-hydrogen) atoms. The molecule has 0 aliphatic heterocycles. The van der Waals surface area contributed by atoms with E-state index in [-0.39, 0.29) is 17.8 Å². The molecule has 1 aliphatic rings. The van der Waals surface area contributed by atoms with Crippen molar-refractivity contribution < 1.29 is 9.18 Å². The van der Waals surface area contributed by atoms with Gasteiger partial charge in [-0.15, -0.1) is 0 Å². The van der Waals surface area contributed by atoms with Crippen LogP contribution in [0.15, 0.2) is 16.6 Å². The van der Waals surface area contributed by atoms with Crippen LogP contribution in [0.1, 0.15) is 25.3 Å². The minimum absolute atomic E-state index is 0.0163. The first-order chi connectivity index (χ1) is 8.47. The van der Waals surface area contributed by atoms with Crippen molar-refractivity contribution in [3.8, 4) is 0 Å². The number of nitrogens with one attached hydrogen (secondary N) is 2. The Hall–Kier alpha value is -1.10. The summed E-state index contributed by atoms with van der Waals surface area (Å²) in [7, 11) is 0. The molecule has 1 atom stereocenters. The predicted molar refractivity (Wildman–Crippen MR) is 73.1 cm³/mol. The van der Waals surface area contributed by atoms with Crippen LogP contribution in [0.5, 0.6) is 0 Å². The minimum atomic E-state index is -0.332. The maximum absolute atomic E-state index is 13.3. The molecular formula is C13H16BrFN2O. The highest BCUT2D eigenvalue weighted by Crippen LogP contribution is 2.25. The molecule has 2 N–H and O–H groups in total. The van der Waals surface area contributed by atoms with E-state index in [9.17, 15) is 9.18 Å². The third-order valence-corrected chi connectivity index (χ3v) is 3.56. The Morgan fingerprint density at radius 1 is 1.50 bits per heavy atom. The van der Waals surface area contributed by atoms with Crippen molar-refractivity contribution in [1.29, 1.82) is 0 Å². The van der Waals surface area contributed by atoms with Crippen LogP contribution < -0.4 is 10.6 Å². The summed E-state index contributed by atoms with van der Waals surface area (Å²) < 4.78 is 13.7. The molecule has 1 unspecified atom stereocenters. The first kappa shape index (κ1) is 13.3. The zero-order chi connectivity index (χ0) is 13.3. The Balaban J connectivity index is 2.03. The normalized spacial score (nSPS) is 16.2. The molecule has 0 radical (unpaired) electrons. The van der Waals surface area contributed by atoms with Crippen LogP contribution in [0.3, 0.4) is 0 Å². The lowest BCUT2D eigenvalue weighted by Crippen LogP contribution is -2.38. The Bertz CT molecular complexity index is 474. The van der Waals surface area contributed by atoms with E-state index in [0.717, 1.165) is 24.1 Å². The summed E-state index contributed by atoms with van der Waals surface area (Å²) in [6, 6.07) is 3.12.